The lowest BCUT2D eigenvalue weighted by atomic mass is 10.2. The van der Waals surface area contributed by atoms with Crippen LogP contribution in [0.1, 0.15) is 6.42 Å². The number of benzene rings is 1. The summed E-state index contributed by atoms with van der Waals surface area (Å²) in [6, 6.07) is 7.63. The van der Waals surface area contributed by atoms with Gasteiger partial charge in [0.1, 0.15) is 5.75 Å². The van der Waals surface area contributed by atoms with Crippen LogP contribution >= 0.6 is 0 Å². The van der Waals surface area contributed by atoms with Gasteiger partial charge < -0.3 is 18.9 Å². The first-order chi connectivity index (χ1) is 12.4. The number of fused-ring (bicyclic) bond motifs is 1. The van der Waals surface area contributed by atoms with Gasteiger partial charge in [0.15, 0.2) is 11.5 Å². The summed E-state index contributed by atoms with van der Waals surface area (Å²) in [7, 11) is 0. The topological polar surface area (TPSA) is 58.0 Å². The van der Waals surface area contributed by atoms with Gasteiger partial charge in [-0.25, -0.2) is 0 Å². The Hall–Kier alpha value is -2.25. The fraction of sp³-hybridized carbons (Fsp3) is 0.500. The highest BCUT2D eigenvalue weighted by atomic mass is 16.7. The van der Waals surface area contributed by atoms with Crippen LogP contribution in [0.2, 0.25) is 0 Å². The molecule has 134 valence electrons. The van der Waals surface area contributed by atoms with E-state index in [-0.39, 0.29) is 12.9 Å². The molecule has 0 saturated carbocycles. The fourth-order valence-corrected chi connectivity index (χ4v) is 3.16. The largest absolute Gasteiger partial charge is 0.493 e. The third-order valence-corrected chi connectivity index (χ3v) is 4.40. The van der Waals surface area contributed by atoms with Gasteiger partial charge in [-0.1, -0.05) is 0 Å². The zero-order valence-electron chi connectivity index (χ0n) is 14.2. The average molecular weight is 345 g/mol. The molecule has 3 heterocycles. The minimum atomic E-state index is 0.198. The van der Waals surface area contributed by atoms with Crippen molar-refractivity contribution in [3.8, 4) is 17.2 Å². The standard InChI is InChI=1S/C18H23N3O4/c1-5-19-21(7-1)13-16-12-20(8-10-23-16)6-2-9-22-15-3-4-17-18(11-15)25-14-24-17/h1,3-5,7,11,16H,2,6,8-10,12-14H2/t16-/m0/s1. The van der Waals surface area contributed by atoms with Crippen LogP contribution in [0.15, 0.2) is 36.7 Å². The van der Waals surface area contributed by atoms with Crippen molar-refractivity contribution in [2.24, 2.45) is 0 Å². The van der Waals surface area contributed by atoms with Crippen molar-refractivity contribution in [1.29, 1.82) is 0 Å². The van der Waals surface area contributed by atoms with E-state index in [0.29, 0.717) is 6.61 Å². The van der Waals surface area contributed by atoms with E-state index < -0.39 is 0 Å². The molecular formula is C18H23N3O4. The lowest BCUT2D eigenvalue weighted by molar-refractivity contribution is -0.0383. The number of ether oxygens (including phenoxy) is 4. The zero-order chi connectivity index (χ0) is 16.9. The molecule has 0 bridgehead atoms. The molecule has 25 heavy (non-hydrogen) atoms. The predicted octanol–water partition coefficient (Wildman–Crippen LogP) is 1.78. The van der Waals surface area contributed by atoms with Crippen LogP contribution in [0.25, 0.3) is 0 Å². The molecule has 1 aromatic heterocycles. The molecule has 1 aromatic carbocycles. The van der Waals surface area contributed by atoms with Gasteiger partial charge in [0, 0.05) is 38.1 Å². The quantitative estimate of drug-likeness (QED) is 0.713. The second kappa shape index (κ2) is 7.76. The smallest absolute Gasteiger partial charge is 0.231 e. The van der Waals surface area contributed by atoms with Gasteiger partial charge >= 0.3 is 0 Å². The molecule has 1 atom stereocenters. The van der Waals surface area contributed by atoms with Crippen LogP contribution < -0.4 is 14.2 Å². The lowest BCUT2D eigenvalue weighted by Gasteiger charge is -2.32. The maximum Gasteiger partial charge on any atom is 0.231 e. The second-order valence-corrected chi connectivity index (χ2v) is 6.24. The fourth-order valence-electron chi connectivity index (χ4n) is 3.16. The van der Waals surface area contributed by atoms with E-state index >= 15 is 0 Å². The van der Waals surface area contributed by atoms with Gasteiger partial charge in [0.05, 0.1) is 25.9 Å². The molecule has 7 nitrogen and oxygen atoms in total. The summed E-state index contributed by atoms with van der Waals surface area (Å²) in [5.74, 6) is 2.36. The summed E-state index contributed by atoms with van der Waals surface area (Å²) in [5, 5.41) is 4.25. The molecule has 7 heteroatoms. The number of aromatic nitrogens is 2. The molecule has 0 aliphatic carbocycles. The Kier molecular flexibility index (Phi) is 5.03. The van der Waals surface area contributed by atoms with Crippen LogP contribution in [0.4, 0.5) is 0 Å². The third kappa shape index (κ3) is 4.24. The predicted molar refractivity (Wildman–Crippen MR) is 91.1 cm³/mol. The summed E-state index contributed by atoms with van der Waals surface area (Å²) >= 11 is 0. The number of morpholine rings is 1. The first kappa shape index (κ1) is 16.2. The normalized spacial score (nSPS) is 19.9. The minimum absolute atomic E-state index is 0.198. The number of hydrogen-bond acceptors (Lipinski definition) is 6. The van der Waals surface area contributed by atoms with E-state index in [0.717, 1.165) is 56.5 Å². The Morgan fingerprint density at radius 2 is 2.20 bits per heavy atom. The molecular weight excluding hydrogens is 322 g/mol. The summed E-state index contributed by atoms with van der Waals surface area (Å²) in [4.78, 5) is 2.43. The van der Waals surface area contributed by atoms with Gasteiger partial charge in [-0.05, 0) is 24.6 Å². The average Bonchev–Trinajstić information content (AvgIpc) is 3.30. The van der Waals surface area contributed by atoms with Crippen molar-refractivity contribution in [2.75, 3.05) is 39.6 Å². The Morgan fingerprint density at radius 1 is 1.24 bits per heavy atom. The molecule has 1 fully saturated rings. The molecule has 0 amide bonds. The van der Waals surface area contributed by atoms with Crippen molar-refractivity contribution in [2.45, 2.75) is 19.1 Å². The highest BCUT2D eigenvalue weighted by Gasteiger charge is 2.20. The molecule has 0 radical (unpaired) electrons. The molecule has 2 aliphatic heterocycles. The maximum absolute atomic E-state index is 5.84. The van der Waals surface area contributed by atoms with E-state index in [9.17, 15) is 0 Å². The molecule has 2 aliphatic rings. The highest BCUT2D eigenvalue weighted by molar-refractivity contribution is 5.46. The summed E-state index contributed by atoms with van der Waals surface area (Å²) in [6.45, 7) is 5.45. The molecule has 0 N–H and O–H groups in total. The molecule has 0 spiro atoms. The van der Waals surface area contributed by atoms with Gasteiger partial charge in [-0.3, -0.25) is 9.58 Å². The minimum Gasteiger partial charge on any atom is -0.493 e. The summed E-state index contributed by atoms with van der Waals surface area (Å²) in [5.41, 5.74) is 0. The van der Waals surface area contributed by atoms with E-state index in [4.69, 9.17) is 18.9 Å². The highest BCUT2D eigenvalue weighted by Crippen LogP contribution is 2.35. The molecule has 0 unspecified atom stereocenters. The van der Waals surface area contributed by atoms with Crippen LogP contribution in [-0.4, -0.2) is 60.4 Å². The molecule has 4 rings (SSSR count). The van der Waals surface area contributed by atoms with E-state index in [1.165, 1.54) is 0 Å². The van der Waals surface area contributed by atoms with Crippen molar-refractivity contribution in [3.05, 3.63) is 36.7 Å². The zero-order valence-corrected chi connectivity index (χ0v) is 14.2. The number of rotatable bonds is 7. The Bertz CT molecular complexity index is 677. The van der Waals surface area contributed by atoms with Gasteiger partial charge in [0.2, 0.25) is 6.79 Å². The van der Waals surface area contributed by atoms with Crippen LogP contribution in [-0.2, 0) is 11.3 Å². The van der Waals surface area contributed by atoms with E-state index in [2.05, 4.69) is 10.00 Å². The first-order valence-electron chi connectivity index (χ1n) is 8.71. The SMILES string of the molecule is c1cnn(C[C@@H]2CN(CCCOc3ccc4c(c3)OCO4)CCO2)c1. The van der Waals surface area contributed by atoms with Crippen molar-refractivity contribution < 1.29 is 18.9 Å². The monoisotopic (exact) mass is 345 g/mol. The Balaban J connectivity index is 1.18. The van der Waals surface area contributed by atoms with Gasteiger partial charge in [0.25, 0.3) is 0 Å². The lowest BCUT2D eigenvalue weighted by Crippen LogP contribution is -2.44. The Morgan fingerprint density at radius 3 is 3.12 bits per heavy atom. The van der Waals surface area contributed by atoms with Crippen LogP contribution in [0, 0.1) is 0 Å². The van der Waals surface area contributed by atoms with Crippen LogP contribution in [0.3, 0.4) is 0 Å². The van der Waals surface area contributed by atoms with E-state index in [1.54, 1.807) is 6.20 Å². The Labute approximate surface area is 147 Å². The van der Waals surface area contributed by atoms with Gasteiger partial charge in [-0.2, -0.15) is 5.10 Å². The maximum atomic E-state index is 5.84. The second-order valence-electron chi connectivity index (χ2n) is 6.24. The summed E-state index contributed by atoms with van der Waals surface area (Å²) < 4.78 is 24.3. The molecule has 1 saturated heterocycles. The summed E-state index contributed by atoms with van der Waals surface area (Å²) in [6.07, 6.45) is 4.95. The number of nitrogens with zero attached hydrogens (tertiary/aromatic N) is 3. The van der Waals surface area contributed by atoms with Crippen molar-refractivity contribution >= 4 is 0 Å². The number of hydrogen-bond donors (Lipinski definition) is 0. The van der Waals surface area contributed by atoms with Crippen molar-refractivity contribution in [3.63, 3.8) is 0 Å². The first-order valence-corrected chi connectivity index (χ1v) is 8.71. The molecule has 2 aromatic rings. The third-order valence-electron chi connectivity index (χ3n) is 4.40. The van der Waals surface area contributed by atoms with Crippen LogP contribution in [0.5, 0.6) is 17.2 Å². The van der Waals surface area contributed by atoms with Gasteiger partial charge in [-0.15, -0.1) is 0 Å². The van der Waals surface area contributed by atoms with Crippen molar-refractivity contribution in [1.82, 2.24) is 14.7 Å². The van der Waals surface area contributed by atoms with E-state index in [1.807, 2.05) is 35.1 Å².